The zero-order valence-electron chi connectivity index (χ0n) is 7.23. The van der Waals surface area contributed by atoms with Crippen LogP contribution in [0.2, 0.25) is 0 Å². The molecule has 1 unspecified atom stereocenters. The Morgan fingerprint density at radius 3 is 3.15 bits per heavy atom. The highest BCUT2D eigenvalue weighted by Gasteiger charge is 2.11. The van der Waals surface area contributed by atoms with Gasteiger partial charge in [0.05, 0.1) is 11.7 Å². The quantitative estimate of drug-likeness (QED) is 0.317. The molecule has 0 radical (unpaired) electrons. The topological polar surface area (TPSA) is 63.8 Å². The summed E-state index contributed by atoms with van der Waals surface area (Å²) in [6.07, 6.45) is 7.76. The number of aromatic nitrogens is 2. The number of terminal acetylenes is 1. The Bertz CT molecular complexity index is 264. The minimum Gasteiger partial charge on any atom is -0.271 e. The number of nitrogens with one attached hydrogen (secondary N) is 1. The van der Waals surface area contributed by atoms with Crippen molar-refractivity contribution in [3.8, 4) is 12.3 Å². The third-order valence-electron chi connectivity index (χ3n) is 1.75. The molecule has 4 nitrogen and oxygen atoms in total. The van der Waals surface area contributed by atoms with Crippen molar-refractivity contribution in [2.24, 2.45) is 5.84 Å². The van der Waals surface area contributed by atoms with Crippen LogP contribution in [0.4, 0.5) is 0 Å². The van der Waals surface area contributed by atoms with Crippen LogP contribution in [-0.4, -0.2) is 9.59 Å². The van der Waals surface area contributed by atoms with Crippen LogP contribution in [0.25, 0.3) is 0 Å². The lowest BCUT2D eigenvalue weighted by Crippen LogP contribution is -2.28. The van der Waals surface area contributed by atoms with Crippen molar-refractivity contribution >= 4 is 11.5 Å². The van der Waals surface area contributed by atoms with Crippen molar-refractivity contribution in [2.45, 2.75) is 25.3 Å². The van der Waals surface area contributed by atoms with Gasteiger partial charge in [0, 0.05) is 11.8 Å². The second kappa shape index (κ2) is 5.65. The predicted octanol–water partition coefficient (Wildman–Crippen LogP) is 0.846. The van der Waals surface area contributed by atoms with Gasteiger partial charge in [0.15, 0.2) is 0 Å². The lowest BCUT2D eigenvalue weighted by Gasteiger charge is -2.11. The maximum absolute atomic E-state index is 5.38. The average molecular weight is 196 g/mol. The Morgan fingerprint density at radius 1 is 1.77 bits per heavy atom. The minimum atomic E-state index is 0.0760. The largest absolute Gasteiger partial charge is 0.271 e. The molecule has 0 aliphatic heterocycles. The standard InChI is InChI=1S/C8H12N4S/c1-2-3-4-5-7(10-9)8-6-13-12-11-8/h1,6-7,10H,3-5,9H2. The van der Waals surface area contributed by atoms with Gasteiger partial charge in [-0.2, -0.15) is 0 Å². The number of unbranched alkanes of at least 4 members (excludes halogenated alkanes) is 1. The van der Waals surface area contributed by atoms with E-state index in [1.165, 1.54) is 11.5 Å². The summed E-state index contributed by atoms with van der Waals surface area (Å²) >= 11 is 1.33. The minimum absolute atomic E-state index is 0.0760. The molecule has 0 aliphatic rings. The maximum atomic E-state index is 5.38. The summed E-state index contributed by atoms with van der Waals surface area (Å²) in [6, 6.07) is 0.0760. The van der Waals surface area contributed by atoms with E-state index in [4.69, 9.17) is 12.3 Å². The molecular weight excluding hydrogens is 184 g/mol. The fourth-order valence-corrected chi connectivity index (χ4v) is 1.56. The van der Waals surface area contributed by atoms with Gasteiger partial charge in [-0.3, -0.25) is 11.3 Å². The molecule has 0 aliphatic carbocycles. The molecule has 0 aromatic carbocycles. The Hall–Kier alpha value is -0.960. The van der Waals surface area contributed by atoms with Crippen LogP contribution in [0.5, 0.6) is 0 Å². The van der Waals surface area contributed by atoms with E-state index in [-0.39, 0.29) is 6.04 Å². The van der Waals surface area contributed by atoms with Crippen LogP contribution in [0.1, 0.15) is 31.0 Å². The predicted molar refractivity (Wildman–Crippen MR) is 52.7 cm³/mol. The first-order valence-corrected chi connectivity index (χ1v) is 4.88. The van der Waals surface area contributed by atoms with Crippen molar-refractivity contribution in [1.82, 2.24) is 15.0 Å². The summed E-state index contributed by atoms with van der Waals surface area (Å²) in [4.78, 5) is 0. The van der Waals surface area contributed by atoms with Crippen LogP contribution in [-0.2, 0) is 0 Å². The second-order valence-electron chi connectivity index (χ2n) is 2.65. The summed E-state index contributed by atoms with van der Waals surface area (Å²) in [6.45, 7) is 0. The molecule has 1 rings (SSSR count). The molecule has 70 valence electrons. The third-order valence-corrected chi connectivity index (χ3v) is 2.27. The van der Waals surface area contributed by atoms with E-state index in [1.54, 1.807) is 0 Å². The molecule has 1 aromatic rings. The monoisotopic (exact) mass is 196 g/mol. The number of rotatable bonds is 5. The SMILES string of the molecule is C#CCCCC(NN)c1csnn1. The van der Waals surface area contributed by atoms with Crippen molar-refractivity contribution in [3.63, 3.8) is 0 Å². The Labute approximate surface area is 81.7 Å². The van der Waals surface area contributed by atoms with Gasteiger partial charge in [-0.15, -0.1) is 17.4 Å². The van der Waals surface area contributed by atoms with E-state index < -0.39 is 0 Å². The first-order valence-electron chi connectivity index (χ1n) is 4.05. The van der Waals surface area contributed by atoms with Gasteiger partial charge in [0.1, 0.15) is 0 Å². The smallest absolute Gasteiger partial charge is 0.0938 e. The van der Waals surface area contributed by atoms with Crippen LogP contribution in [0, 0.1) is 12.3 Å². The number of hydrazine groups is 1. The van der Waals surface area contributed by atoms with E-state index >= 15 is 0 Å². The fourth-order valence-electron chi connectivity index (χ4n) is 1.05. The molecule has 1 atom stereocenters. The highest BCUT2D eigenvalue weighted by atomic mass is 32.1. The summed E-state index contributed by atoms with van der Waals surface area (Å²) in [5.74, 6) is 7.97. The van der Waals surface area contributed by atoms with Gasteiger partial charge >= 0.3 is 0 Å². The molecule has 13 heavy (non-hydrogen) atoms. The highest BCUT2D eigenvalue weighted by molar-refractivity contribution is 7.03. The molecule has 1 aromatic heterocycles. The van der Waals surface area contributed by atoms with Crippen LogP contribution < -0.4 is 11.3 Å². The lowest BCUT2D eigenvalue weighted by molar-refractivity contribution is 0.490. The van der Waals surface area contributed by atoms with E-state index in [9.17, 15) is 0 Å². The van der Waals surface area contributed by atoms with Crippen molar-refractivity contribution in [1.29, 1.82) is 0 Å². The van der Waals surface area contributed by atoms with Gasteiger partial charge in [-0.05, 0) is 24.4 Å². The first-order chi connectivity index (χ1) is 6.38. The molecule has 0 saturated heterocycles. The lowest BCUT2D eigenvalue weighted by atomic mass is 10.1. The van der Waals surface area contributed by atoms with E-state index in [1.807, 2.05) is 5.38 Å². The molecule has 0 amide bonds. The van der Waals surface area contributed by atoms with Gasteiger partial charge in [-0.1, -0.05) is 4.49 Å². The number of nitrogens with two attached hydrogens (primary N) is 1. The molecule has 0 spiro atoms. The number of nitrogens with zero attached hydrogens (tertiary/aromatic N) is 2. The summed E-state index contributed by atoms with van der Waals surface area (Å²) in [5.41, 5.74) is 3.59. The molecule has 0 fully saturated rings. The summed E-state index contributed by atoms with van der Waals surface area (Å²) in [7, 11) is 0. The first kappa shape index (κ1) is 10.1. The molecule has 1 heterocycles. The van der Waals surface area contributed by atoms with Gasteiger partial charge in [-0.25, -0.2) is 0 Å². The zero-order chi connectivity index (χ0) is 9.52. The van der Waals surface area contributed by atoms with Crippen molar-refractivity contribution in [2.75, 3.05) is 0 Å². The summed E-state index contributed by atoms with van der Waals surface area (Å²) < 4.78 is 3.78. The van der Waals surface area contributed by atoms with Crippen LogP contribution in [0.15, 0.2) is 5.38 Å². The molecular formula is C8H12N4S. The van der Waals surface area contributed by atoms with E-state index in [0.717, 1.165) is 25.0 Å². The Balaban J connectivity index is 2.41. The summed E-state index contributed by atoms with van der Waals surface area (Å²) in [5, 5.41) is 5.83. The molecule has 0 saturated carbocycles. The molecule has 3 N–H and O–H groups in total. The number of hydrogen-bond donors (Lipinski definition) is 2. The Kier molecular flexibility index (Phi) is 4.40. The van der Waals surface area contributed by atoms with E-state index in [2.05, 4.69) is 20.9 Å². The fraction of sp³-hybridized carbons (Fsp3) is 0.500. The number of hydrogen-bond acceptors (Lipinski definition) is 5. The maximum Gasteiger partial charge on any atom is 0.0938 e. The van der Waals surface area contributed by atoms with Crippen LogP contribution in [0.3, 0.4) is 0 Å². The van der Waals surface area contributed by atoms with Gasteiger partial charge in [0.2, 0.25) is 0 Å². The third kappa shape index (κ3) is 3.11. The molecule has 0 bridgehead atoms. The molecule has 5 heteroatoms. The Morgan fingerprint density at radius 2 is 2.62 bits per heavy atom. The van der Waals surface area contributed by atoms with Crippen molar-refractivity contribution in [3.05, 3.63) is 11.1 Å². The van der Waals surface area contributed by atoms with E-state index in [0.29, 0.717) is 0 Å². The van der Waals surface area contributed by atoms with Gasteiger partial charge < -0.3 is 0 Å². The zero-order valence-corrected chi connectivity index (χ0v) is 8.05. The average Bonchev–Trinajstić information content (AvgIpc) is 2.65. The normalized spacial score (nSPS) is 12.3. The van der Waals surface area contributed by atoms with Gasteiger partial charge in [0.25, 0.3) is 0 Å². The van der Waals surface area contributed by atoms with Crippen LogP contribution >= 0.6 is 11.5 Å². The van der Waals surface area contributed by atoms with Crippen molar-refractivity contribution < 1.29 is 0 Å². The second-order valence-corrected chi connectivity index (χ2v) is 3.26. The highest BCUT2D eigenvalue weighted by Crippen LogP contribution is 2.16.